The van der Waals surface area contributed by atoms with Crippen molar-refractivity contribution < 1.29 is 9.84 Å². The smallest absolute Gasteiger partial charge is 0.137 e. The first-order valence-electron chi connectivity index (χ1n) is 7.02. The lowest BCUT2D eigenvalue weighted by molar-refractivity contribution is 0.0695. The Balaban J connectivity index is 1.93. The van der Waals surface area contributed by atoms with Crippen molar-refractivity contribution in [1.82, 2.24) is 5.32 Å². The van der Waals surface area contributed by atoms with Crippen molar-refractivity contribution in [2.75, 3.05) is 13.7 Å². The summed E-state index contributed by atoms with van der Waals surface area (Å²) in [4.78, 5) is 0. The number of ether oxygens (including phenoxy) is 1. The molecule has 2 rings (SSSR count). The van der Waals surface area contributed by atoms with Crippen molar-refractivity contribution in [1.29, 1.82) is 0 Å². The number of benzene rings is 1. The second kappa shape index (κ2) is 7.78. The molecule has 1 aliphatic carbocycles. The minimum atomic E-state index is -0.146. The summed E-state index contributed by atoms with van der Waals surface area (Å²) in [7, 11) is 1.68. The number of aliphatic hydroxyl groups is 1. The molecule has 0 radical (unpaired) electrons. The largest absolute Gasteiger partial charge is 0.495 e. The lowest BCUT2D eigenvalue weighted by atomic mass is 9.86. The maximum atomic E-state index is 9.98. The number of aliphatic hydroxyl groups excluding tert-OH is 1. The molecule has 1 saturated carbocycles. The topological polar surface area (TPSA) is 41.5 Å². The van der Waals surface area contributed by atoms with E-state index < -0.39 is 0 Å². The molecule has 2 unspecified atom stereocenters. The normalized spacial score (nSPS) is 22.8. The fourth-order valence-corrected chi connectivity index (χ4v) is 4.27. The Morgan fingerprint density at radius 3 is 2.75 bits per heavy atom. The average Bonchev–Trinajstić information content (AvgIpc) is 2.40. The number of methoxy groups -OCH3 is 1. The molecule has 2 atom stereocenters. The molecule has 1 aromatic carbocycles. The molecule has 5 heteroatoms. The van der Waals surface area contributed by atoms with Crippen LogP contribution >= 0.6 is 31.9 Å². The van der Waals surface area contributed by atoms with Crippen LogP contribution in [0.3, 0.4) is 0 Å². The lowest BCUT2D eigenvalue weighted by Gasteiger charge is -2.27. The standard InChI is InChI=1S/C15H21Br2NO2/c1-20-15-11(6-12(16)7-13(15)17)9-18-8-10-4-2-3-5-14(10)19/h6-7,10,14,18-19H,2-5,8-9H2,1H3. The van der Waals surface area contributed by atoms with Crippen LogP contribution in [-0.4, -0.2) is 24.9 Å². The Labute approximate surface area is 137 Å². The van der Waals surface area contributed by atoms with Crippen LogP contribution in [0, 0.1) is 5.92 Å². The van der Waals surface area contributed by atoms with Crippen molar-refractivity contribution in [2.45, 2.75) is 38.3 Å². The van der Waals surface area contributed by atoms with E-state index in [2.05, 4.69) is 43.2 Å². The van der Waals surface area contributed by atoms with Crippen molar-refractivity contribution >= 4 is 31.9 Å². The van der Waals surface area contributed by atoms with Gasteiger partial charge < -0.3 is 15.2 Å². The quantitative estimate of drug-likeness (QED) is 0.779. The van der Waals surface area contributed by atoms with Gasteiger partial charge in [0.15, 0.2) is 0 Å². The molecular weight excluding hydrogens is 386 g/mol. The van der Waals surface area contributed by atoms with Crippen LogP contribution in [0.1, 0.15) is 31.2 Å². The number of hydrogen-bond donors (Lipinski definition) is 2. The second-order valence-corrected chi connectivity index (χ2v) is 7.09. The molecule has 0 spiro atoms. The number of halogens is 2. The van der Waals surface area contributed by atoms with Gasteiger partial charge in [0.1, 0.15) is 5.75 Å². The Kier molecular flexibility index (Phi) is 6.33. The molecule has 20 heavy (non-hydrogen) atoms. The molecule has 0 amide bonds. The van der Waals surface area contributed by atoms with E-state index in [4.69, 9.17) is 4.74 Å². The van der Waals surface area contributed by atoms with Crippen LogP contribution in [0.25, 0.3) is 0 Å². The molecule has 0 saturated heterocycles. The van der Waals surface area contributed by atoms with Crippen LogP contribution in [-0.2, 0) is 6.54 Å². The first kappa shape index (κ1) is 16.3. The zero-order valence-electron chi connectivity index (χ0n) is 11.7. The third kappa shape index (κ3) is 4.20. The maximum absolute atomic E-state index is 9.98. The molecule has 1 fully saturated rings. The van der Waals surface area contributed by atoms with Gasteiger partial charge in [-0.3, -0.25) is 0 Å². The Bertz CT molecular complexity index is 454. The monoisotopic (exact) mass is 405 g/mol. The van der Waals surface area contributed by atoms with E-state index in [1.165, 1.54) is 6.42 Å². The molecule has 112 valence electrons. The molecule has 3 nitrogen and oxygen atoms in total. The number of nitrogens with one attached hydrogen (secondary N) is 1. The zero-order chi connectivity index (χ0) is 14.5. The summed E-state index contributed by atoms with van der Waals surface area (Å²) in [5.74, 6) is 1.25. The number of rotatable bonds is 5. The highest BCUT2D eigenvalue weighted by Crippen LogP contribution is 2.32. The Hall–Kier alpha value is -0.100. The highest BCUT2D eigenvalue weighted by Gasteiger charge is 2.22. The second-order valence-electron chi connectivity index (χ2n) is 5.32. The summed E-state index contributed by atoms with van der Waals surface area (Å²) >= 11 is 7.01. The van der Waals surface area contributed by atoms with Gasteiger partial charge >= 0.3 is 0 Å². The van der Waals surface area contributed by atoms with Gasteiger partial charge in [-0.25, -0.2) is 0 Å². The third-order valence-electron chi connectivity index (χ3n) is 3.88. The van der Waals surface area contributed by atoms with Gasteiger partial charge in [-0.15, -0.1) is 0 Å². The average molecular weight is 407 g/mol. The van der Waals surface area contributed by atoms with E-state index in [0.29, 0.717) is 5.92 Å². The molecular formula is C15H21Br2NO2. The predicted octanol–water partition coefficient (Wildman–Crippen LogP) is 3.86. The van der Waals surface area contributed by atoms with E-state index in [1.54, 1.807) is 7.11 Å². The molecule has 0 bridgehead atoms. The zero-order valence-corrected chi connectivity index (χ0v) is 14.8. The highest BCUT2D eigenvalue weighted by atomic mass is 79.9. The van der Waals surface area contributed by atoms with Crippen LogP contribution in [0.15, 0.2) is 21.1 Å². The summed E-state index contributed by atoms with van der Waals surface area (Å²) in [6.45, 7) is 1.60. The van der Waals surface area contributed by atoms with Crippen LogP contribution in [0.2, 0.25) is 0 Å². The van der Waals surface area contributed by atoms with Crippen molar-refractivity contribution in [3.8, 4) is 5.75 Å². The molecule has 1 aliphatic rings. The van der Waals surface area contributed by atoms with Gasteiger partial charge in [0, 0.05) is 23.1 Å². The van der Waals surface area contributed by atoms with Crippen molar-refractivity contribution in [3.05, 3.63) is 26.6 Å². The van der Waals surface area contributed by atoms with E-state index >= 15 is 0 Å². The van der Waals surface area contributed by atoms with E-state index in [9.17, 15) is 5.11 Å². The van der Waals surface area contributed by atoms with Gasteiger partial charge in [-0.1, -0.05) is 28.8 Å². The lowest BCUT2D eigenvalue weighted by Crippen LogP contribution is -2.33. The van der Waals surface area contributed by atoms with Crippen molar-refractivity contribution in [2.24, 2.45) is 5.92 Å². The van der Waals surface area contributed by atoms with Crippen LogP contribution in [0.4, 0.5) is 0 Å². The third-order valence-corrected chi connectivity index (χ3v) is 4.93. The number of hydrogen-bond acceptors (Lipinski definition) is 3. The molecule has 2 N–H and O–H groups in total. The van der Waals surface area contributed by atoms with E-state index in [0.717, 1.165) is 52.6 Å². The minimum absolute atomic E-state index is 0.146. The van der Waals surface area contributed by atoms with Crippen LogP contribution in [0.5, 0.6) is 5.75 Å². The molecule has 1 aromatic rings. The van der Waals surface area contributed by atoms with E-state index in [-0.39, 0.29) is 6.10 Å². The van der Waals surface area contributed by atoms with Gasteiger partial charge in [0.25, 0.3) is 0 Å². The summed E-state index contributed by atoms with van der Waals surface area (Å²) in [5.41, 5.74) is 1.11. The predicted molar refractivity (Wildman–Crippen MR) is 88.1 cm³/mol. The van der Waals surface area contributed by atoms with Gasteiger partial charge in [-0.2, -0.15) is 0 Å². The van der Waals surface area contributed by atoms with Gasteiger partial charge in [0.05, 0.1) is 17.7 Å². The molecule has 0 heterocycles. The van der Waals surface area contributed by atoms with E-state index in [1.807, 2.05) is 6.07 Å². The van der Waals surface area contributed by atoms with Gasteiger partial charge in [-0.05, 0) is 46.8 Å². The highest BCUT2D eigenvalue weighted by molar-refractivity contribution is 9.11. The fraction of sp³-hybridized carbons (Fsp3) is 0.600. The summed E-state index contributed by atoms with van der Waals surface area (Å²) in [6, 6.07) is 4.04. The Morgan fingerprint density at radius 2 is 2.05 bits per heavy atom. The first-order chi connectivity index (χ1) is 9.61. The SMILES string of the molecule is COc1c(Br)cc(Br)cc1CNCC1CCCCC1O. The maximum Gasteiger partial charge on any atom is 0.137 e. The van der Waals surface area contributed by atoms with Gasteiger partial charge in [0.2, 0.25) is 0 Å². The van der Waals surface area contributed by atoms with Crippen LogP contribution < -0.4 is 10.1 Å². The fourth-order valence-electron chi connectivity index (χ4n) is 2.79. The molecule has 0 aromatic heterocycles. The Morgan fingerprint density at radius 1 is 1.30 bits per heavy atom. The first-order valence-corrected chi connectivity index (χ1v) is 8.61. The minimum Gasteiger partial charge on any atom is -0.495 e. The summed E-state index contributed by atoms with van der Waals surface area (Å²) in [6.07, 6.45) is 4.30. The summed E-state index contributed by atoms with van der Waals surface area (Å²) in [5, 5.41) is 13.4. The van der Waals surface area contributed by atoms with Crippen molar-refractivity contribution in [3.63, 3.8) is 0 Å². The summed E-state index contributed by atoms with van der Waals surface area (Å²) < 4.78 is 7.41. The molecule has 0 aliphatic heterocycles.